The van der Waals surface area contributed by atoms with E-state index in [9.17, 15) is 0 Å². The maximum absolute atomic E-state index is 5.49. The van der Waals surface area contributed by atoms with E-state index < -0.39 is 0 Å². The highest BCUT2D eigenvalue weighted by molar-refractivity contribution is 5.87. The van der Waals surface area contributed by atoms with Crippen molar-refractivity contribution in [3.63, 3.8) is 0 Å². The molecule has 0 saturated carbocycles. The van der Waals surface area contributed by atoms with E-state index >= 15 is 0 Å². The second-order valence-corrected chi connectivity index (χ2v) is 4.32. The smallest absolute Gasteiger partial charge is 0.115 e. The van der Waals surface area contributed by atoms with E-state index in [0.717, 1.165) is 5.84 Å². The number of nitrogens with zero attached hydrogens (tertiary/aromatic N) is 1. The van der Waals surface area contributed by atoms with Crippen LogP contribution in [0.1, 0.15) is 5.56 Å². The molecule has 3 N–H and O–H groups in total. The van der Waals surface area contributed by atoms with Crippen LogP contribution in [0.15, 0.2) is 47.5 Å². The van der Waals surface area contributed by atoms with E-state index in [1.54, 1.807) is 7.11 Å². The van der Waals surface area contributed by atoms with Gasteiger partial charge < -0.3 is 10.2 Å². The molecule has 0 aromatic heterocycles. The molecule has 0 saturated heterocycles. The van der Waals surface area contributed by atoms with Crippen molar-refractivity contribution in [1.82, 2.24) is 5.43 Å². The Morgan fingerprint density at radius 2 is 2.00 bits per heavy atom. The summed E-state index contributed by atoms with van der Waals surface area (Å²) in [7, 11) is 1.66. The summed E-state index contributed by atoms with van der Waals surface area (Å²) in [5, 5.41) is 2.47. The van der Waals surface area contributed by atoms with Crippen molar-refractivity contribution in [2.45, 2.75) is 6.42 Å². The van der Waals surface area contributed by atoms with Gasteiger partial charge in [0, 0.05) is 13.5 Å². The van der Waals surface area contributed by atoms with Crippen LogP contribution in [0.25, 0.3) is 10.8 Å². The number of rotatable bonds is 5. The molecule has 0 bridgehead atoms. The minimum absolute atomic E-state index is 0.600. The molecule has 0 fully saturated rings. The zero-order valence-electron chi connectivity index (χ0n) is 11.1. The summed E-state index contributed by atoms with van der Waals surface area (Å²) >= 11 is 0. The summed E-state index contributed by atoms with van der Waals surface area (Å²) in [4.78, 5) is 4.36. The van der Waals surface area contributed by atoms with Crippen molar-refractivity contribution in [3.8, 4) is 0 Å². The molecule has 0 spiro atoms. The monoisotopic (exact) mass is 257 g/mol. The molecule has 19 heavy (non-hydrogen) atoms. The third kappa shape index (κ3) is 3.77. The van der Waals surface area contributed by atoms with Crippen molar-refractivity contribution < 1.29 is 4.74 Å². The highest BCUT2D eigenvalue weighted by atomic mass is 16.5. The maximum Gasteiger partial charge on any atom is 0.115 e. The number of fused-ring (bicyclic) bond motifs is 1. The first-order valence-electron chi connectivity index (χ1n) is 6.30. The lowest BCUT2D eigenvalue weighted by Gasteiger charge is -2.07. The molecule has 2 aromatic carbocycles. The number of methoxy groups -OCH3 is 1. The summed E-state index contributed by atoms with van der Waals surface area (Å²) < 4.78 is 4.97. The van der Waals surface area contributed by atoms with Crippen molar-refractivity contribution in [2.75, 3.05) is 20.3 Å². The van der Waals surface area contributed by atoms with Gasteiger partial charge in [0.25, 0.3) is 0 Å². The second-order valence-electron chi connectivity index (χ2n) is 4.32. The van der Waals surface area contributed by atoms with Gasteiger partial charge in [-0.25, -0.2) is 5.84 Å². The SMILES string of the molecule is COCCN=C(Cc1ccc2ccccc2c1)NN. The zero-order valence-corrected chi connectivity index (χ0v) is 11.1. The third-order valence-electron chi connectivity index (χ3n) is 2.95. The maximum atomic E-state index is 5.49. The summed E-state index contributed by atoms with van der Waals surface area (Å²) in [6, 6.07) is 14.7. The lowest BCUT2D eigenvalue weighted by atomic mass is 10.0. The van der Waals surface area contributed by atoms with Crippen molar-refractivity contribution in [1.29, 1.82) is 0 Å². The van der Waals surface area contributed by atoms with Crippen LogP contribution >= 0.6 is 0 Å². The molecule has 0 aliphatic rings. The number of benzene rings is 2. The number of aliphatic imine (C=N–C) groups is 1. The molecule has 2 rings (SSSR count). The van der Waals surface area contributed by atoms with Gasteiger partial charge in [0.15, 0.2) is 0 Å². The Balaban J connectivity index is 2.13. The highest BCUT2D eigenvalue weighted by Gasteiger charge is 2.01. The number of nitrogens with one attached hydrogen (secondary N) is 1. The average molecular weight is 257 g/mol. The average Bonchev–Trinajstić information content (AvgIpc) is 2.46. The predicted octanol–water partition coefficient (Wildman–Crippen LogP) is 1.89. The number of hydrogen-bond donors (Lipinski definition) is 2. The quantitative estimate of drug-likeness (QED) is 0.283. The van der Waals surface area contributed by atoms with Gasteiger partial charge in [-0.15, -0.1) is 0 Å². The number of nitrogens with two attached hydrogens (primary N) is 1. The lowest BCUT2D eigenvalue weighted by molar-refractivity contribution is 0.208. The fourth-order valence-corrected chi connectivity index (χ4v) is 1.97. The molecule has 4 nitrogen and oxygen atoms in total. The summed E-state index contributed by atoms with van der Waals surface area (Å²) in [6.45, 7) is 1.21. The standard InChI is InChI=1S/C15H19N3O/c1-19-9-8-17-15(18-16)11-12-6-7-13-4-2-3-5-14(13)10-12/h2-7,10H,8-9,11,16H2,1H3,(H,17,18). The molecule has 2 aromatic rings. The fraction of sp³-hybridized carbons (Fsp3) is 0.267. The highest BCUT2D eigenvalue weighted by Crippen LogP contribution is 2.15. The Hall–Kier alpha value is -1.91. The topological polar surface area (TPSA) is 59.6 Å². The Morgan fingerprint density at radius 3 is 2.74 bits per heavy atom. The summed E-state index contributed by atoms with van der Waals surface area (Å²) in [5.74, 6) is 6.26. The van der Waals surface area contributed by atoms with Gasteiger partial charge in [-0.3, -0.25) is 4.99 Å². The first-order chi connectivity index (χ1) is 9.33. The van der Waals surface area contributed by atoms with Gasteiger partial charge in [0.05, 0.1) is 13.2 Å². The van der Waals surface area contributed by atoms with E-state index in [2.05, 4.69) is 40.8 Å². The van der Waals surface area contributed by atoms with Crippen LogP contribution in [0.2, 0.25) is 0 Å². The van der Waals surface area contributed by atoms with Gasteiger partial charge in [-0.2, -0.15) is 0 Å². The van der Waals surface area contributed by atoms with Crippen LogP contribution in [0.4, 0.5) is 0 Å². The van der Waals surface area contributed by atoms with Crippen molar-refractivity contribution >= 4 is 16.6 Å². The number of hydrazine groups is 1. The Labute approximate surface area is 113 Å². The Morgan fingerprint density at radius 1 is 1.21 bits per heavy atom. The normalized spacial score (nSPS) is 11.8. The number of amidine groups is 1. The second kappa shape index (κ2) is 6.87. The van der Waals surface area contributed by atoms with Crippen molar-refractivity contribution in [2.24, 2.45) is 10.8 Å². The van der Waals surface area contributed by atoms with E-state index in [1.807, 2.05) is 12.1 Å². The van der Waals surface area contributed by atoms with Gasteiger partial charge in [-0.1, -0.05) is 42.5 Å². The first kappa shape index (κ1) is 13.5. The molecule has 0 heterocycles. The molecule has 0 aliphatic heterocycles. The van der Waals surface area contributed by atoms with Crippen LogP contribution in [0.5, 0.6) is 0 Å². The van der Waals surface area contributed by atoms with Gasteiger partial charge in [0.1, 0.15) is 5.84 Å². The molecule has 4 heteroatoms. The number of ether oxygens (including phenoxy) is 1. The summed E-state index contributed by atoms with van der Waals surface area (Å²) in [6.07, 6.45) is 0.699. The van der Waals surface area contributed by atoms with Crippen molar-refractivity contribution in [3.05, 3.63) is 48.0 Å². The number of hydrogen-bond acceptors (Lipinski definition) is 3. The molecule has 0 amide bonds. The van der Waals surface area contributed by atoms with Crippen LogP contribution in [0, 0.1) is 0 Å². The van der Waals surface area contributed by atoms with E-state index in [4.69, 9.17) is 10.6 Å². The Kier molecular flexibility index (Phi) is 4.89. The minimum atomic E-state index is 0.600. The van der Waals surface area contributed by atoms with E-state index in [-0.39, 0.29) is 0 Å². The molecule has 0 radical (unpaired) electrons. The lowest BCUT2D eigenvalue weighted by Crippen LogP contribution is -2.32. The molecular formula is C15H19N3O. The van der Waals surface area contributed by atoms with Crippen LogP contribution < -0.4 is 11.3 Å². The van der Waals surface area contributed by atoms with E-state index in [1.165, 1.54) is 16.3 Å². The molecule has 0 atom stereocenters. The Bertz CT molecular complexity index is 566. The third-order valence-corrected chi connectivity index (χ3v) is 2.95. The van der Waals surface area contributed by atoms with Gasteiger partial charge >= 0.3 is 0 Å². The molecule has 0 unspecified atom stereocenters. The fourth-order valence-electron chi connectivity index (χ4n) is 1.97. The zero-order chi connectivity index (χ0) is 13.5. The largest absolute Gasteiger partial charge is 0.383 e. The molecule has 0 aliphatic carbocycles. The summed E-state index contributed by atoms with van der Waals surface area (Å²) in [5.41, 5.74) is 3.84. The first-order valence-corrected chi connectivity index (χ1v) is 6.30. The van der Waals surface area contributed by atoms with Gasteiger partial charge in [0.2, 0.25) is 0 Å². The minimum Gasteiger partial charge on any atom is -0.383 e. The molecule has 100 valence electrons. The van der Waals surface area contributed by atoms with Crippen LogP contribution in [-0.2, 0) is 11.2 Å². The molecular weight excluding hydrogens is 238 g/mol. The van der Waals surface area contributed by atoms with Crippen LogP contribution in [-0.4, -0.2) is 26.1 Å². The van der Waals surface area contributed by atoms with E-state index in [0.29, 0.717) is 19.6 Å². The predicted molar refractivity (Wildman–Crippen MR) is 79.2 cm³/mol. The van der Waals surface area contributed by atoms with Gasteiger partial charge in [-0.05, 0) is 16.3 Å². The van der Waals surface area contributed by atoms with Crippen LogP contribution in [0.3, 0.4) is 0 Å².